The molecule has 1 aromatic rings. The summed E-state index contributed by atoms with van der Waals surface area (Å²) < 4.78 is 0. The molecule has 1 fully saturated rings. The molecule has 0 radical (unpaired) electrons. The average molecular weight is 245 g/mol. The Morgan fingerprint density at radius 2 is 1.89 bits per heavy atom. The molecule has 4 heteroatoms. The summed E-state index contributed by atoms with van der Waals surface area (Å²) in [5.74, 6) is 0.256. The first-order valence-electron chi connectivity index (χ1n) is 6.64. The van der Waals surface area contributed by atoms with Crippen LogP contribution in [0.2, 0.25) is 0 Å². The van der Waals surface area contributed by atoms with Crippen molar-refractivity contribution in [2.45, 2.75) is 19.0 Å². The van der Waals surface area contributed by atoms with Gasteiger partial charge in [0.2, 0.25) is 5.91 Å². The molecule has 1 saturated heterocycles. The summed E-state index contributed by atoms with van der Waals surface area (Å²) in [4.78, 5) is 14.4. The SMILES string of the molecule is O=C([C@H]1Cc2ccccc2CN1)N1CCNCC1. The number of benzene rings is 1. The Hall–Kier alpha value is -1.39. The molecule has 1 amide bonds. The largest absolute Gasteiger partial charge is 0.339 e. The van der Waals surface area contributed by atoms with E-state index >= 15 is 0 Å². The fourth-order valence-corrected chi connectivity index (χ4v) is 2.73. The van der Waals surface area contributed by atoms with Crippen molar-refractivity contribution in [1.82, 2.24) is 15.5 Å². The molecule has 2 heterocycles. The van der Waals surface area contributed by atoms with E-state index in [2.05, 4.69) is 34.9 Å². The summed E-state index contributed by atoms with van der Waals surface area (Å²) in [7, 11) is 0. The van der Waals surface area contributed by atoms with Gasteiger partial charge in [0.25, 0.3) is 0 Å². The second-order valence-electron chi connectivity index (χ2n) is 4.98. The van der Waals surface area contributed by atoms with Crippen molar-refractivity contribution in [2.24, 2.45) is 0 Å². The summed E-state index contributed by atoms with van der Waals surface area (Å²) in [6, 6.07) is 8.33. The number of nitrogens with one attached hydrogen (secondary N) is 2. The molecule has 0 aliphatic carbocycles. The summed E-state index contributed by atoms with van der Waals surface area (Å²) in [5, 5.41) is 6.63. The van der Waals surface area contributed by atoms with Crippen LogP contribution in [0.15, 0.2) is 24.3 Å². The zero-order valence-electron chi connectivity index (χ0n) is 10.5. The third-order valence-corrected chi connectivity index (χ3v) is 3.81. The summed E-state index contributed by atoms with van der Waals surface area (Å²) in [6.45, 7) is 4.29. The Morgan fingerprint density at radius 1 is 1.17 bits per heavy atom. The Kier molecular flexibility index (Phi) is 3.30. The molecule has 0 saturated carbocycles. The lowest BCUT2D eigenvalue weighted by Crippen LogP contribution is -2.54. The van der Waals surface area contributed by atoms with Crippen LogP contribution in [0.4, 0.5) is 0 Å². The fourth-order valence-electron chi connectivity index (χ4n) is 2.73. The molecule has 0 aromatic heterocycles. The molecule has 2 aliphatic rings. The topological polar surface area (TPSA) is 44.4 Å². The molecule has 0 bridgehead atoms. The Balaban J connectivity index is 1.69. The first-order chi connectivity index (χ1) is 8.84. The number of rotatable bonds is 1. The predicted octanol–water partition coefficient (Wildman–Crippen LogP) is 0.133. The van der Waals surface area contributed by atoms with E-state index in [9.17, 15) is 4.79 Å². The maximum absolute atomic E-state index is 12.4. The third-order valence-electron chi connectivity index (χ3n) is 3.81. The van der Waals surface area contributed by atoms with Crippen LogP contribution < -0.4 is 10.6 Å². The summed E-state index contributed by atoms with van der Waals surface area (Å²) >= 11 is 0. The van der Waals surface area contributed by atoms with E-state index in [-0.39, 0.29) is 11.9 Å². The van der Waals surface area contributed by atoms with Crippen LogP contribution in [0.5, 0.6) is 0 Å². The quantitative estimate of drug-likeness (QED) is 0.739. The van der Waals surface area contributed by atoms with Gasteiger partial charge in [-0.2, -0.15) is 0 Å². The number of hydrogen-bond donors (Lipinski definition) is 2. The highest BCUT2D eigenvalue weighted by molar-refractivity contribution is 5.82. The first kappa shape index (κ1) is 11.7. The molecule has 2 N–H and O–H groups in total. The highest BCUT2D eigenvalue weighted by atomic mass is 16.2. The normalized spacial score (nSPS) is 23.6. The standard InChI is InChI=1S/C14H19N3O/c18-14(17-7-5-15-6-8-17)13-9-11-3-1-2-4-12(11)10-16-13/h1-4,13,15-16H,5-10H2/t13-/m1/s1. The number of hydrogen-bond acceptors (Lipinski definition) is 3. The number of carbonyl (C=O) groups is 1. The molecule has 1 atom stereocenters. The van der Waals surface area contributed by atoms with Gasteiger partial charge in [-0.1, -0.05) is 24.3 Å². The Labute approximate surface area is 107 Å². The van der Waals surface area contributed by atoms with E-state index < -0.39 is 0 Å². The van der Waals surface area contributed by atoms with Crippen LogP contribution in [0.1, 0.15) is 11.1 Å². The first-order valence-corrected chi connectivity index (χ1v) is 6.64. The average Bonchev–Trinajstić information content (AvgIpc) is 2.47. The van der Waals surface area contributed by atoms with Gasteiger partial charge in [0.1, 0.15) is 0 Å². The summed E-state index contributed by atoms with van der Waals surface area (Å²) in [6.07, 6.45) is 0.818. The van der Waals surface area contributed by atoms with E-state index in [0.29, 0.717) is 0 Å². The van der Waals surface area contributed by atoms with Crippen LogP contribution in [0.25, 0.3) is 0 Å². The predicted molar refractivity (Wildman–Crippen MR) is 70.2 cm³/mol. The van der Waals surface area contributed by atoms with Crippen molar-refractivity contribution in [3.05, 3.63) is 35.4 Å². The second kappa shape index (κ2) is 5.08. The number of amides is 1. The molecule has 0 unspecified atom stereocenters. The molecule has 1 aromatic carbocycles. The highest BCUT2D eigenvalue weighted by Crippen LogP contribution is 2.17. The smallest absolute Gasteiger partial charge is 0.240 e. The molecule has 3 rings (SSSR count). The molecule has 4 nitrogen and oxygen atoms in total. The zero-order valence-corrected chi connectivity index (χ0v) is 10.5. The Bertz CT molecular complexity index is 440. The van der Waals surface area contributed by atoms with Crippen LogP contribution >= 0.6 is 0 Å². The maximum atomic E-state index is 12.4. The van der Waals surface area contributed by atoms with E-state index in [1.165, 1.54) is 11.1 Å². The van der Waals surface area contributed by atoms with Gasteiger partial charge in [0.05, 0.1) is 6.04 Å². The minimum absolute atomic E-state index is 0.0435. The van der Waals surface area contributed by atoms with Crippen molar-refractivity contribution < 1.29 is 4.79 Å². The van der Waals surface area contributed by atoms with Crippen LogP contribution in [0, 0.1) is 0 Å². The molecule has 18 heavy (non-hydrogen) atoms. The molecule has 0 spiro atoms. The highest BCUT2D eigenvalue weighted by Gasteiger charge is 2.28. The lowest BCUT2D eigenvalue weighted by Gasteiger charge is -2.33. The van der Waals surface area contributed by atoms with Gasteiger partial charge in [-0.05, 0) is 17.5 Å². The lowest BCUT2D eigenvalue weighted by atomic mass is 9.95. The van der Waals surface area contributed by atoms with Crippen LogP contribution in [-0.4, -0.2) is 43.0 Å². The van der Waals surface area contributed by atoms with Gasteiger partial charge in [0, 0.05) is 32.7 Å². The minimum atomic E-state index is -0.0435. The number of carbonyl (C=O) groups excluding carboxylic acids is 1. The van der Waals surface area contributed by atoms with Gasteiger partial charge >= 0.3 is 0 Å². The summed E-state index contributed by atoms with van der Waals surface area (Å²) in [5.41, 5.74) is 2.63. The second-order valence-corrected chi connectivity index (χ2v) is 4.98. The molecular formula is C14H19N3O. The van der Waals surface area contributed by atoms with E-state index in [1.807, 2.05) is 4.90 Å². The molecule has 2 aliphatic heterocycles. The number of nitrogens with zero attached hydrogens (tertiary/aromatic N) is 1. The van der Waals surface area contributed by atoms with Crippen molar-refractivity contribution in [3.63, 3.8) is 0 Å². The van der Waals surface area contributed by atoms with Gasteiger partial charge in [0.15, 0.2) is 0 Å². The van der Waals surface area contributed by atoms with Crippen molar-refractivity contribution in [2.75, 3.05) is 26.2 Å². The van der Waals surface area contributed by atoms with E-state index in [4.69, 9.17) is 0 Å². The fraction of sp³-hybridized carbons (Fsp3) is 0.500. The third kappa shape index (κ3) is 2.26. The zero-order chi connectivity index (χ0) is 12.4. The maximum Gasteiger partial charge on any atom is 0.240 e. The van der Waals surface area contributed by atoms with Crippen molar-refractivity contribution in [1.29, 1.82) is 0 Å². The van der Waals surface area contributed by atoms with Gasteiger partial charge < -0.3 is 15.5 Å². The van der Waals surface area contributed by atoms with Gasteiger partial charge in [-0.3, -0.25) is 4.79 Å². The number of piperazine rings is 1. The minimum Gasteiger partial charge on any atom is -0.339 e. The van der Waals surface area contributed by atoms with Crippen LogP contribution in [0.3, 0.4) is 0 Å². The van der Waals surface area contributed by atoms with Gasteiger partial charge in [-0.15, -0.1) is 0 Å². The van der Waals surface area contributed by atoms with Gasteiger partial charge in [-0.25, -0.2) is 0 Å². The van der Waals surface area contributed by atoms with Crippen LogP contribution in [-0.2, 0) is 17.8 Å². The van der Waals surface area contributed by atoms with Crippen molar-refractivity contribution in [3.8, 4) is 0 Å². The van der Waals surface area contributed by atoms with E-state index in [1.54, 1.807) is 0 Å². The van der Waals surface area contributed by atoms with Crippen molar-refractivity contribution >= 4 is 5.91 Å². The molecule has 96 valence electrons. The lowest BCUT2D eigenvalue weighted by molar-refractivity contribution is -0.134. The van der Waals surface area contributed by atoms with E-state index in [0.717, 1.165) is 39.1 Å². The number of fused-ring (bicyclic) bond motifs is 1. The molecular weight excluding hydrogens is 226 g/mol. The monoisotopic (exact) mass is 245 g/mol. The Morgan fingerprint density at radius 3 is 2.67 bits per heavy atom.